The summed E-state index contributed by atoms with van der Waals surface area (Å²) >= 11 is 1.00. The van der Waals surface area contributed by atoms with Gasteiger partial charge in [0, 0.05) is 6.04 Å². The predicted octanol–water partition coefficient (Wildman–Crippen LogP) is 2.43. The number of fused-ring (bicyclic) bond motifs is 1. The smallest absolute Gasteiger partial charge is 0.275 e. The Morgan fingerprint density at radius 3 is 2.55 bits per heavy atom. The molecule has 0 amide bonds. The van der Waals surface area contributed by atoms with Crippen LogP contribution in [0.2, 0.25) is 0 Å². The van der Waals surface area contributed by atoms with Crippen LogP contribution in [-0.4, -0.2) is 15.3 Å². The summed E-state index contributed by atoms with van der Waals surface area (Å²) in [6, 6.07) is -0.252. The number of hydrogen-bond acceptors (Lipinski definition) is 3. The zero-order valence-electron chi connectivity index (χ0n) is 10.5. The van der Waals surface area contributed by atoms with Crippen molar-refractivity contribution in [1.29, 1.82) is 0 Å². The van der Waals surface area contributed by atoms with Gasteiger partial charge >= 0.3 is 11.9 Å². The first-order chi connectivity index (χ1) is 9.29. The van der Waals surface area contributed by atoms with E-state index in [9.17, 15) is 22.8 Å². The first kappa shape index (κ1) is 13.4. The van der Waals surface area contributed by atoms with E-state index in [-0.39, 0.29) is 16.3 Å². The molecular formula is C12H11F3N2O2S. The fraction of sp³-hybridized carbons (Fsp3) is 0.500. The molecule has 1 aliphatic rings. The van der Waals surface area contributed by atoms with Crippen LogP contribution in [0.3, 0.4) is 0 Å². The number of halogens is 3. The maximum Gasteiger partial charge on any atom is 0.406 e. The first-order valence-electron chi connectivity index (χ1n) is 6.09. The van der Waals surface area contributed by atoms with Crippen molar-refractivity contribution in [2.75, 3.05) is 0 Å². The van der Waals surface area contributed by atoms with E-state index >= 15 is 0 Å². The van der Waals surface area contributed by atoms with Crippen LogP contribution in [0.5, 0.6) is 0 Å². The third-order valence-corrected chi connectivity index (χ3v) is 4.44. The van der Waals surface area contributed by atoms with E-state index in [0.29, 0.717) is 23.0 Å². The maximum absolute atomic E-state index is 12.7. The van der Waals surface area contributed by atoms with Crippen molar-refractivity contribution in [3.63, 3.8) is 0 Å². The largest absolute Gasteiger partial charge is 0.406 e. The summed E-state index contributed by atoms with van der Waals surface area (Å²) in [7, 11) is 0. The van der Waals surface area contributed by atoms with Crippen LogP contribution in [0.4, 0.5) is 13.2 Å². The Bertz CT molecular complexity index is 796. The minimum atomic E-state index is -4.50. The Morgan fingerprint density at radius 1 is 1.35 bits per heavy atom. The molecule has 0 aliphatic heterocycles. The summed E-state index contributed by atoms with van der Waals surface area (Å²) in [5.41, 5.74) is -0.714. The van der Waals surface area contributed by atoms with Crippen molar-refractivity contribution in [3.8, 4) is 0 Å². The lowest BCUT2D eigenvalue weighted by molar-refractivity contribution is -0.140. The molecule has 2 aromatic rings. The fourth-order valence-electron chi connectivity index (χ4n) is 2.29. The van der Waals surface area contributed by atoms with Crippen molar-refractivity contribution in [1.82, 2.24) is 9.13 Å². The molecule has 1 fully saturated rings. The third-order valence-electron chi connectivity index (χ3n) is 3.32. The van der Waals surface area contributed by atoms with Crippen molar-refractivity contribution in [2.24, 2.45) is 0 Å². The number of thiophene rings is 1. The summed E-state index contributed by atoms with van der Waals surface area (Å²) < 4.78 is 39.6. The Labute approximate surface area is 115 Å². The van der Waals surface area contributed by atoms with E-state index in [1.165, 1.54) is 0 Å². The molecule has 20 heavy (non-hydrogen) atoms. The van der Waals surface area contributed by atoms with E-state index in [1.807, 2.05) is 0 Å². The number of hydrogen-bond donors (Lipinski definition) is 0. The van der Waals surface area contributed by atoms with Crippen molar-refractivity contribution >= 4 is 21.6 Å². The molecule has 1 aliphatic carbocycles. The molecule has 0 radical (unpaired) electrons. The van der Waals surface area contributed by atoms with E-state index in [0.717, 1.165) is 15.9 Å². The average molecular weight is 304 g/mol. The highest BCUT2D eigenvalue weighted by Crippen LogP contribution is 2.33. The third kappa shape index (κ3) is 2.07. The molecule has 0 aromatic carbocycles. The quantitative estimate of drug-likeness (QED) is 0.855. The van der Waals surface area contributed by atoms with Crippen LogP contribution in [-0.2, 0) is 6.54 Å². The lowest BCUT2D eigenvalue weighted by atomic mass is 10.2. The summed E-state index contributed by atoms with van der Waals surface area (Å²) in [5, 5.41) is 1.83. The molecule has 0 bridgehead atoms. The van der Waals surface area contributed by atoms with Gasteiger partial charge in [-0.3, -0.25) is 13.9 Å². The van der Waals surface area contributed by atoms with Gasteiger partial charge in [-0.05, 0) is 30.7 Å². The number of alkyl halides is 3. The molecular weight excluding hydrogens is 293 g/mol. The van der Waals surface area contributed by atoms with Crippen LogP contribution in [0, 0.1) is 6.92 Å². The zero-order valence-corrected chi connectivity index (χ0v) is 11.3. The van der Waals surface area contributed by atoms with Gasteiger partial charge in [0.2, 0.25) is 0 Å². The van der Waals surface area contributed by atoms with Gasteiger partial charge in [0.25, 0.3) is 5.56 Å². The Hall–Kier alpha value is -1.57. The molecule has 0 unspecified atom stereocenters. The number of nitrogens with zero attached hydrogens (tertiary/aromatic N) is 2. The summed E-state index contributed by atoms with van der Waals surface area (Å²) in [4.78, 5) is 24.6. The van der Waals surface area contributed by atoms with Gasteiger partial charge in [0.05, 0.1) is 5.39 Å². The molecule has 8 heteroatoms. The second kappa shape index (κ2) is 4.21. The second-order valence-corrected chi connectivity index (χ2v) is 5.85. The Morgan fingerprint density at radius 2 is 2.00 bits per heavy atom. The molecule has 0 spiro atoms. The van der Waals surface area contributed by atoms with Crippen LogP contribution in [0.1, 0.15) is 24.4 Å². The predicted molar refractivity (Wildman–Crippen MR) is 69.4 cm³/mol. The molecule has 0 atom stereocenters. The highest BCUT2D eigenvalue weighted by molar-refractivity contribution is 7.17. The van der Waals surface area contributed by atoms with E-state index in [4.69, 9.17) is 0 Å². The molecule has 2 aromatic heterocycles. The zero-order chi connectivity index (χ0) is 14.7. The first-order valence-corrected chi connectivity index (χ1v) is 6.97. The molecule has 4 nitrogen and oxygen atoms in total. The molecule has 0 N–H and O–H groups in total. The van der Waals surface area contributed by atoms with Crippen LogP contribution in [0.15, 0.2) is 15.0 Å². The van der Waals surface area contributed by atoms with Gasteiger partial charge < -0.3 is 0 Å². The fourth-order valence-corrected chi connectivity index (χ4v) is 3.33. The van der Waals surface area contributed by atoms with Gasteiger partial charge in [-0.15, -0.1) is 11.3 Å². The SMILES string of the molecule is Cc1csc2c1c(=O)n(C1CC1)c(=O)n2CC(F)(F)F. The monoisotopic (exact) mass is 304 g/mol. The summed E-state index contributed by atoms with van der Waals surface area (Å²) in [5.74, 6) is 0. The maximum atomic E-state index is 12.7. The second-order valence-electron chi connectivity index (χ2n) is 4.99. The van der Waals surface area contributed by atoms with Gasteiger partial charge in [-0.25, -0.2) is 4.79 Å². The van der Waals surface area contributed by atoms with Gasteiger partial charge in [0.15, 0.2) is 0 Å². The highest BCUT2D eigenvalue weighted by atomic mass is 32.1. The lowest BCUT2D eigenvalue weighted by Crippen LogP contribution is -2.41. The number of aromatic nitrogens is 2. The van der Waals surface area contributed by atoms with Gasteiger partial charge in [-0.2, -0.15) is 13.2 Å². The minimum Gasteiger partial charge on any atom is -0.275 e. The molecule has 108 valence electrons. The molecule has 1 saturated carbocycles. The van der Waals surface area contributed by atoms with Crippen molar-refractivity contribution in [3.05, 3.63) is 31.8 Å². The summed E-state index contributed by atoms with van der Waals surface area (Å²) in [6.45, 7) is 0.301. The average Bonchev–Trinajstić information content (AvgIpc) is 3.06. The topological polar surface area (TPSA) is 44.0 Å². The van der Waals surface area contributed by atoms with Crippen molar-refractivity contribution in [2.45, 2.75) is 38.5 Å². The van der Waals surface area contributed by atoms with Crippen LogP contribution in [0.25, 0.3) is 10.2 Å². The normalized spacial score (nSPS) is 16.0. The Balaban J connectivity index is 2.38. The molecule has 2 heterocycles. The van der Waals surface area contributed by atoms with E-state index < -0.39 is 24.0 Å². The number of rotatable bonds is 2. The highest BCUT2D eigenvalue weighted by Gasteiger charge is 2.34. The van der Waals surface area contributed by atoms with Gasteiger partial charge in [-0.1, -0.05) is 0 Å². The van der Waals surface area contributed by atoms with Gasteiger partial charge in [0.1, 0.15) is 11.4 Å². The van der Waals surface area contributed by atoms with E-state index in [1.54, 1.807) is 12.3 Å². The summed E-state index contributed by atoms with van der Waals surface area (Å²) in [6.07, 6.45) is -3.17. The standard InChI is InChI=1S/C12H11F3N2O2S/c1-6-4-20-10-8(6)9(18)17(7-2-3-7)11(19)16(10)5-12(13,14)15/h4,7H,2-3,5H2,1H3. The van der Waals surface area contributed by atoms with E-state index in [2.05, 4.69) is 0 Å². The molecule has 3 rings (SSSR count). The number of aryl methyl sites for hydroxylation is 1. The minimum absolute atomic E-state index is 0.103. The van der Waals surface area contributed by atoms with Crippen molar-refractivity contribution < 1.29 is 13.2 Å². The van der Waals surface area contributed by atoms with Crippen LogP contribution < -0.4 is 11.2 Å². The lowest BCUT2D eigenvalue weighted by Gasteiger charge is -2.13. The Kier molecular flexibility index (Phi) is 2.82. The molecule has 0 saturated heterocycles. The van der Waals surface area contributed by atoms with Crippen LogP contribution >= 0.6 is 11.3 Å².